The first-order chi connectivity index (χ1) is 12.0. The predicted molar refractivity (Wildman–Crippen MR) is 88.8 cm³/mol. The van der Waals surface area contributed by atoms with E-state index in [2.05, 4.69) is 20.8 Å². The molecule has 0 radical (unpaired) electrons. The number of anilines is 2. The fraction of sp³-hybridized carbons (Fsp3) is 0.333. The summed E-state index contributed by atoms with van der Waals surface area (Å²) in [6, 6.07) is 5.02. The molecule has 2 aromatic rings. The number of carbonyl (C=O) groups excluding carboxylic acids is 2. The molecule has 25 heavy (non-hydrogen) atoms. The number of ether oxygens (including phenoxy) is 3. The van der Waals surface area contributed by atoms with E-state index in [0.29, 0.717) is 17.2 Å². The van der Waals surface area contributed by atoms with Gasteiger partial charge >= 0.3 is 6.09 Å². The van der Waals surface area contributed by atoms with E-state index in [1.54, 1.807) is 32.2 Å². The number of benzene rings is 1. The average Bonchev–Trinajstić information content (AvgIpc) is 3.01. The summed E-state index contributed by atoms with van der Waals surface area (Å²) in [5, 5.41) is 13.0. The smallest absolute Gasteiger partial charge is 0.412 e. The van der Waals surface area contributed by atoms with Crippen molar-refractivity contribution in [3.8, 4) is 11.5 Å². The van der Waals surface area contributed by atoms with Crippen LogP contribution in [0.15, 0.2) is 24.4 Å². The normalized spacial score (nSPS) is 10.0. The largest absolute Gasteiger partial charge is 0.497 e. The molecule has 0 fully saturated rings. The van der Waals surface area contributed by atoms with Crippen molar-refractivity contribution in [2.24, 2.45) is 0 Å². The van der Waals surface area contributed by atoms with Crippen LogP contribution in [0.3, 0.4) is 0 Å². The maximum absolute atomic E-state index is 12.1. The van der Waals surface area contributed by atoms with Gasteiger partial charge in [0.1, 0.15) is 18.0 Å². The van der Waals surface area contributed by atoms with E-state index in [9.17, 15) is 9.59 Å². The molecule has 0 unspecified atom stereocenters. The minimum atomic E-state index is -0.637. The fourth-order valence-corrected chi connectivity index (χ4v) is 1.92. The van der Waals surface area contributed by atoms with Crippen molar-refractivity contribution in [3.05, 3.63) is 24.4 Å². The number of rotatable bonds is 7. The first kappa shape index (κ1) is 18.0. The second-order valence-electron chi connectivity index (χ2n) is 4.72. The maximum Gasteiger partial charge on any atom is 0.412 e. The van der Waals surface area contributed by atoms with E-state index in [0.717, 1.165) is 4.80 Å². The van der Waals surface area contributed by atoms with Crippen LogP contribution in [0.25, 0.3) is 0 Å². The van der Waals surface area contributed by atoms with Gasteiger partial charge in [-0.2, -0.15) is 9.90 Å². The number of methoxy groups -OCH3 is 2. The second kappa shape index (κ2) is 8.52. The van der Waals surface area contributed by atoms with Crippen molar-refractivity contribution in [2.75, 3.05) is 31.5 Å². The van der Waals surface area contributed by atoms with Crippen LogP contribution in [0.1, 0.15) is 6.92 Å². The van der Waals surface area contributed by atoms with E-state index >= 15 is 0 Å². The molecule has 10 heteroatoms. The molecule has 0 spiro atoms. The molecule has 0 saturated heterocycles. The molecule has 134 valence electrons. The zero-order valence-electron chi connectivity index (χ0n) is 14.1. The molecule has 2 rings (SSSR count). The Kier molecular flexibility index (Phi) is 6.15. The Balaban J connectivity index is 1.96. The molecular weight excluding hydrogens is 330 g/mol. The standard InChI is InChI=1S/C15H19N5O5/c1-4-25-15(22)18-13-8-16-20(19-13)9-14(21)17-11-6-5-10(23-2)7-12(11)24-3/h5-8H,4,9H2,1-3H3,(H,17,21)(H,18,19,22). The molecule has 1 aromatic carbocycles. The molecular formula is C15H19N5O5. The third kappa shape index (κ3) is 5.09. The van der Waals surface area contributed by atoms with Crippen LogP contribution in [-0.4, -0.2) is 47.8 Å². The third-order valence-corrected chi connectivity index (χ3v) is 3.01. The highest BCUT2D eigenvalue weighted by atomic mass is 16.5. The first-order valence-corrected chi connectivity index (χ1v) is 7.41. The maximum atomic E-state index is 12.1. The number of amides is 2. The monoisotopic (exact) mass is 349 g/mol. The summed E-state index contributed by atoms with van der Waals surface area (Å²) in [6.07, 6.45) is 0.681. The molecule has 0 aliphatic heterocycles. The lowest BCUT2D eigenvalue weighted by molar-refractivity contribution is -0.117. The van der Waals surface area contributed by atoms with Crippen LogP contribution < -0.4 is 20.1 Å². The highest BCUT2D eigenvalue weighted by Gasteiger charge is 2.12. The van der Waals surface area contributed by atoms with Crippen molar-refractivity contribution in [3.63, 3.8) is 0 Å². The summed E-state index contributed by atoms with van der Waals surface area (Å²) in [5.41, 5.74) is 0.491. The van der Waals surface area contributed by atoms with Gasteiger partial charge in [-0.05, 0) is 19.1 Å². The van der Waals surface area contributed by atoms with Crippen LogP contribution in [0.5, 0.6) is 11.5 Å². The van der Waals surface area contributed by atoms with Gasteiger partial charge in [0.25, 0.3) is 0 Å². The molecule has 0 aliphatic carbocycles. The lowest BCUT2D eigenvalue weighted by atomic mass is 10.2. The number of nitrogens with one attached hydrogen (secondary N) is 2. The van der Waals surface area contributed by atoms with Crippen molar-refractivity contribution in [2.45, 2.75) is 13.5 Å². The van der Waals surface area contributed by atoms with Crippen molar-refractivity contribution in [1.82, 2.24) is 15.0 Å². The van der Waals surface area contributed by atoms with Gasteiger partial charge in [0.2, 0.25) is 5.91 Å². The minimum absolute atomic E-state index is 0.139. The quantitative estimate of drug-likeness (QED) is 0.778. The molecule has 0 saturated carbocycles. The molecule has 0 bridgehead atoms. The molecule has 1 aromatic heterocycles. The summed E-state index contributed by atoms with van der Waals surface area (Å²) >= 11 is 0. The molecule has 2 N–H and O–H groups in total. The van der Waals surface area contributed by atoms with Crippen molar-refractivity contribution >= 4 is 23.5 Å². The van der Waals surface area contributed by atoms with E-state index < -0.39 is 6.09 Å². The Morgan fingerprint density at radius 1 is 1.20 bits per heavy atom. The Morgan fingerprint density at radius 3 is 2.68 bits per heavy atom. The van der Waals surface area contributed by atoms with Gasteiger partial charge in [-0.15, -0.1) is 5.10 Å². The summed E-state index contributed by atoms with van der Waals surface area (Å²) in [5.74, 6) is 0.902. The molecule has 2 amide bonds. The van der Waals surface area contributed by atoms with Gasteiger partial charge in [-0.1, -0.05) is 0 Å². The summed E-state index contributed by atoms with van der Waals surface area (Å²) in [4.78, 5) is 24.6. The van der Waals surface area contributed by atoms with Crippen LogP contribution in [0.4, 0.5) is 16.3 Å². The molecule has 0 atom stereocenters. The minimum Gasteiger partial charge on any atom is -0.497 e. The Hall–Kier alpha value is -3.30. The number of hydrogen-bond donors (Lipinski definition) is 2. The van der Waals surface area contributed by atoms with Gasteiger partial charge in [-0.3, -0.25) is 10.1 Å². The third-order valence-electron chi connectivity index (χ3n) is 3.01. The zero-order valence-corrected chi connectivity index (χ0v) is 14.1. The Labute approximate surface area is 144 Å². The van der Waals surface area contributed by atoms with Gasteiger partial charge in [0, 0.05) is 6.07 Å². The number of carbonyl (C=O) groups is 2. The number of nitrogens with zero attached hydrogens (tertiary/aromatic N) is 3. The van der Waals surface area contributed by atoms with E-state index in [1.165, 1.54) is 13.3 Å². The van der Waals surface area contributed by atoms with E-state index in [-0.39, 0.29) is 24.9 Å². The lowest BCUT2D eigenvalue weighted by Gasteiger charge is -2.11. The topological polar surface area (TPSA) is 117 Å². The highest BCUT2D eigenvalue weighted by molar-refractivity contribution is 5.92. The summed E-state index contributed by atoms with van der Waals surface area (Å²) in [6.45, 7) is 1.79. The summed E-state index contributed by atoms with van der Waals surface area (Å²) < 4.78 is 15.0. The highest BCUT2D eigenvalue weighted by Crippen LogP contribution is 2.28. The van der Waals surface area contributed by atoms with E-state index in [4.69, 9.17) is 14.2 Å². The Morgan fingerprint density at radius 2 is 2.00 bits per heavy atom. The lowest BCUT2D eigenvalue weighted by Crippen LogP contribution is -2.21. The van der Waals surface area contributed by atoms with Crippen molar-refractivity contribution < 1.29 is 23.8 Å². The zero-order chi connectivity index (χ0) is 18.2. The molecule has 1 heterocycles. The van der Waals surface area contributed by atoms with E-state index in [1.807, 2.05) is 0 Å². The average molecular weight is 349 g/mol. The molecule has 0 aliphatic rings. The van der Waals surface area contributed by atoms with Gasteiger partial charge in [0.05, 0.1) is 32.7 Å². The van der Waals surface area contributed by atoms with Crippen molar-refractivity contribution in [1.29, 1.82) is 0 Å². The number of aromatic nitrogens is 3. The first-order valence-electron chi connectivity index (χ1n) is 7.41. The van der Waals surface area contributed by atoms with Gasteiger partial charge in [0.15, 0.2) is 5.82 Å². The van der Waals surface area contributed by atoms with Crippen LogP contribution >= 0.6 is 0 Å². The van der Waals surface area contributed by atoms with Crippen LogP contribution in [0.2, 0.25) is 0 Å². The van der Waals surface area contributed by atoms with Gasteiger partial charge in [-0.25, -0.2) is 4.79 Å². The van der Waals surface area contributed by atoms with Crippen LogP contribution in [-0.2, 0) is 16.1 Å². The predicted octanol–water partition coefficient (Wildman–Crippen LogP) is 1.50. The fourth-order valence-electron chi connectivity index (χ4n) is 1.92. The Bertz CT molecular complexity index is 746. The van der Waals surface area contributed by atoms with Gasteiger partial charge < -0.3 is 19.5 Å². The second-order valence-corrected chi connectivity index (χ2v) is 4.72. The number of hydrogen-bond acceptors (Lipinski definition) is 7. The SMILES string of the molecule is CCOC(=O)Nc1cnn(CC(=O)Nc2ccc(OC)cc2OC)n1. The van der Waals surface area contributed by atoms with Crippen LogP contribution in [0, 0.1) is 0 Å². The molecule has 10 nitrogen and oxygen atoms in total. The summed E-state index contributed by atoms with van der Waals surface area (Å²) in [7, 11) is 3.03.